The predicted molar refractivity (Wildman–Crippen MR) is 48.0 cm³/mol. The van der Waals surface area contributed by atoms with Gasteiger partial charge in [-0.15, -0.1) is 12.6 Å². The first-order valence-corrected chi connectivity index (χ1v) is 4.09. The van der Waals surface area contributed by atoms with E-state index >= 15 is 0 Å². The van der Waals surface area contributed by atoms with Gasteiger partial charge in [0, 0.05) is 6.07 Å². The van der Waals surface area contributed by atoms with Crippen LogP contribution in [0.15, 0.2) is 21.5 Å². The summed E-state index contributed by atoms with van der Waals surface area (Å²) >= 11 is 6.59. The summed E-state index contributed by atoms with van der Waals surface area (Å²) in [5, 5.41) is 10.3. The second-order valence-corrected chi connectivity index (χ2v) is 3.35. The average molecular weight is 252 g/mol. The fourth-order valence-electron chi connectivity index (χ4n) is 0.672. The van der Waals surface area contributed by atoms with Gasteiger partial charge in [-0.2, -0.15) is 0 Å². The summed E-state index contributed by atoms with van der Waals surface area (Å²) in [7, 11) is 0. The minimum absolute atomic E-state index is 0.0145. The van der Waals surface area contributed by atoms with E-state index in [9.17, 15) is 14.5 Å². The van der Waals surface area contributed by atoms with Crippen molar-refractivity contribution in [3.8, 4) is 0 Å². The van der Waals surface area contributed by atoms with Gasteiger partial charge in [-0.05, 0) is 22.0 Å². The van der Waals surface area contributed by atoms with E-state index in [1.54, 1.807) is 0 Å². The maximum Gasteiger partial charge on any atom is 0.283 e. The molecule has 6 heteroatoms. The second-order valence-electron chi connectivity index (χ2n) is 2.01. The number of hydrogen-bond donors (Lipinski definition) is 1. The van der Waals surface area contributed by atoms with Crippen LogP contribution in [0, 0.1) is 15.9 Å². The molecule has 0 saturated carbocycles. The van der Waals surface area contributed by atoms with Crippen LogP contribution in [0.3, 0.4) is 0 Å². The van der Waals surface area contributed by atoms with E-state index in [-0.39, 0.29) is 15.1 Å². The summed E-state index contributed by atoms with van der Waals surface area (Å²) < 4.78 is 12.8. The van der Waals surface area contributed by atoms with E-state index in [2.05, 4.69) is 28.6 Å². The summed E-state index contributed by atoms with van der Waals surface area (Å²) in [4.78, 5) is 9.69. The van der Waals surface area contributed by atoms with Crippen molar-refractivity contribution >= 4 is 34.2 Å². The van der Waals surface area contributed by atoms with Crippen LogP contribution in [-0.4, -0.2) is 4.92 Å². The maximum atomic E-state index is 12.7. The van der Waals surface area contributed by atoms with Crippen LogP contribution < -0.4 is 0 Å². The number of hydrogen-bond acceptors (Lipinski definition) is 3. The van der Waals surface area contributed by atoms with Gasteiger partial charge < -0.3 is 0 Å². The molecule has 0 amide bonds. The molecule has 0 atom stereocenters. The zero-order valence-electron chi connectivity index (χ0n) is 5.62. The third-order valence-electron chi connectivity index (χ3n) is 1.21. The van der Waals surface area contributed by atoms with Gasteiger partial charge in [-0.3, -0.25) is 10.1 Å². The molecule has 0 unspecified atom stereocenters. The Morgan fingerprint density at radius 3 is 2.67 bits per heavy atom. The zero-order chi connectivity index (χ0) is 9.30. The molecule has 0 heterocycles. The number of thiol groups is 1. The molecule has 0 aromatic heterocycles. The lowest BCUT2D eigenvalue weighted by Crippen LogP contribution is -1.91. The molecule has 1 aromatic rings. The molecule has 0 fully saturated rings. The monoisotopic (exact) mass is 251 g/mol. The highest BCUT2D eigenvalue weighted by molar-refractivity contribution is 9.10. The first kappa shape index (κ1) is 9.47. The molecule has 0 spiro atoms. The van der Waals surface area contributed by atoms with Crippen LogP contribution >= 0.6 is 28.6 Å². The van der Waals surface area contributed by atoms with Crippen molar-refractivity contribution in [2.45, 2.75) is 4.90 Å². The van der Waals surface area contributed by atoms with Crippen LogP contribution in [0.1, 0.15) is 0 Å². The number of nitro groups is 1. The van der Waals surface area contributed by atoms with Gasteiger partial charge in [0.2, 0.25) is 0 Å². The number of nitro benzene ring substituents is 1. The maximum absolute atomic E-state index is 12.7. The molecule has 1 aromatic carbocycles. The topological polar surface area (TPSA) is 43.1 Å². The van der Waals surface area contributed by atoms with E-state index < -0.39 is 10.7 Å². The van der Waals surface area contributed by atoms with E-state index in [1.165, 1.54) is 0 Å². The molecule has 64 valence electrons. The number of rotatable bonds is 1. The van der Waals surface area contributed by atoms with Crippen molar-refractivity contribution in [3.05, 3.63) is 32.5 Å². The van der Waals surface area contributed by atoms with Crippen molar-refractivity contribution in [3.63, 3.8) is 0 Å². The van der Waals surface area contributed by atoms with Crippen molar-refractivity contribution in [2.24, 2.45) is 0 Å². The summed E-state index contributed by atoms with van der Waals surface area (Å²) in [5.74, 6) is -0.564. The summed E-state index contributed by atoms with van der Waals surface area (Å²) in [6.07, 6.45) is 0. The standard InChI is InChI=1S/C6H3BrFNO2S/c7-3-1-5(9(10)11)6(12)2-4(3)8/h1-2,12H. The average Bonchev–Trinajstić information content (AvgIpc) is 1.96. The Balaban J connectivity index is 3.33. The zero-order valence-corrected chi connectivity index (χ0v) is 8.10. The normalized spacial score (nSPS) is 9.92. The molecule has 3 nitrogen and oxygen atoms in total. The SMILES string of the molecule is O=[N+]([O-])c1cc(Br)c(F)cc1S. The Bertz CT molecular complexity index is 345. The summed E-state index contributed by atoms with van der Waals surface area (Å²) in [5.41, 5.74) is -0.216. The van der Waals surface area contributed by atoms with E-state index in [0.29, 0.717) is 0 Å². The number of nitrogens with zero attached hydrogens (tertiary/aromatic N) is 1. The Kier molecular flexibility index (Phi) is 2.69. The van der Waals surface area contributed by atoms with E-state index in [4.69, 9.17) is 0 Å². The molecule has 0 N–H and O–H groups in total. The Hall–Kier alpha value is -0.620. The smallest absolute Gasteiger partial charge is 0.258 e. The van der Waals surface area contributed by atoms with Gasteiger partial charge in [-0.1, -0.05) is 0 Å². The van der Waals surface area contributed by atoms with Gasteiger partial charge in [0.1, 0.15) is 5.82 Å². The van der Waals surface area contributed by atoms with E-state index in [0.717, 1.165) is 12.1 Å². The molecule has 0 aliphatic heterocycles. The fourth-order valence-corrected chi connectivity index (χ4v) is 1.26. The van der Waals surface area contributed by atoms with Gasteiger partial charge in [0.25, 0.3) is 5.69 Å². The Labute approximate surface area is 81.3 Å². The highest BCUT2D eigenvalue weighted by Crippen LogP contribution is 2.28. The van der Waals surface area contributed by atoms with E-state index in [1.807, 2.05) is 0 Å². The van der Waals surface area contributed by atoms with Crippen LogP contribution in [0.2, 0.25) is 0 Å². The Morgan fingerprint density at radius 1 is 1.58 bits per heavy atom. The molecular weight excluding hydrogens is 249 g/mol. The lowest BCUT2D eigenvalue weighted by molar-refractivity contribution is -0.387. The first-order valence-electron chi connectivity index (χ1n) is 2.85. The molecule has 12 heavy (non-hydrogen) atoms. The lowest BCUT2D eigenvalue weighted by atomic mass is 10.3. The molecule has 0 aliphatic rings. The third-order valence-corrected chi connectivity index (χ3v) is 2.18. The first-order chi connectivity index (χ1) is 5.52. The molecule has 0 aliphatic carbocycles. The van der Waals surface area contributed by atoms with Crippen LogP contribution in [-0.2, 0) is 0 Å². The van der Waals surface area contributed by atoms with Crippen LogP contribution in [0.25, 0.3) is 0 Å². The minimum atomic E-state index is -0.619. The third kappa shape index (κ3) is 1.75. The van der Waals surface area contributed by atoms with Gasteiger partial charge in [0.05, 0.1) is 14.3 Å². The highest BCUT2D eigenvalue weighted by Gasteiger charge is 2.14. The molecule has 0 bridgehead atoms. The highest BCUT2D eigenvalue weighted by atomic mass is 79.9. The molecule has 0 saturated heterocycles. The van der Waals surface area contributed by atoms with Crippen molar-refractivity contribution in [1.29, 1.82) is 0 Å². The van der Waals surface area contributed by atoms with Gasteiger partial charge in [0.15, 0.2) is 0 Å². The van der Waals surface area contributed by atoms with Crippen molar-refractivity contribution < 1.29 is 9.31 Å². The number of benzene rings is 1. The van der Waals surface area contributed by atoms with Crippen LogP contribution in [0.4, 0.5) is 10.1 Å². The molecular formula is C6H3BrFNO2S. The van der Waals surface area contributed by atoms with Gasteiger partial charge >= 0.3 is 0 Å². The quantitative estimate of drug-likeness (QED) is 0.474. The lowest BCUT2D eigenvalue weighted by Gasteiger charge is -1.97. The number of halogens is 2. The largest absolute Gasteiger partial charge is 0.283 e. The summed E-state index contributed by atoms with van der Waals surface area (Å²) in [6.45, 7) is 0. The van der Waals surface area contributed by atoms with Gasteiger partial charge in [-0.25, -0.2) is 4.39 Å². The molecule has 0 radical (unpaired) electrons. The fraction of sp³-hybridized carbons (Fsp3) is 0. The van der Waals surface area contributed by atoms with Crippen LogP contribution in [0.5, 0.6) is 0 Å². The molecule has 1 rings (SSSR count). The van der Waals surface area contributed by atoms with Crippen molar-refractivity contribution in [2.75, 3.05) is 0 Å². The van der Waals surface area contributed by atoms with Crippen molar-refractivity contribution in [1.82, 2.24) is 0 Å². The second kappa shape index (κ2) is 3.40. The summed E-state index contributed by atoms with van der Waals surface area (Å²) in [6, 6.07) is 2.07. The predicted octanol–water partition coefficient (Wildman–Crippen LogP) is 2.79. The minimum Gasteiger partial charge on any atom is -0.258 e. The Morgan fingerprint density at radius 2 is 2.17 bits per heavy atom.